The minimum Gasteiger partial charge on any atom is -0.360 e. The Labute approximate surface area is 152 Å². The van der Waals surface area contributed by atoms with E-state index in [9.17, 15) is 4.79 Å². The Balaban J connectivity index is 1.51. The molecule has 0 unspecified atom stereocenters. The molecule has 0 saturated carbocycles. The molecule has 5 rings (SSSR count). The first kappa shape index (κ1) is 15.2. The predicted octanol–water partition coefficient (Wildman–Crippen LogP) is 4.06. The molecule has 0 aliphatic heterocycles. The number of nitrogens with one attached hydrogen (secondary N) is 2. The molecule has 7 heteroatoms. The van der Waals surface area contributed by atoms with Crippen LogP contribution >= 0.6 is 11.8 Å². The summed E-state index contributed by atoms with van der Waals surface area (Å²) in [6.07, 6.45) is 1.79. The second-order valence-electron chi connectivity index (χ2n) is 6.14. The number of imidazole rings is 1. The maximum absolute atomic E-state index is 13.0. The molecule has 0 saturated heterocycles. The van der Waals surface area contributed by atoms with Gasteiger partial charge in [-0.25, -0.2) is 10.1 Å². The lowest BCUT2D eigenvalue weighted by Crippen LogP contribution is -2.13. The summed E-state index contributed by atoms with van der Waals surface area (Å²) in [4.78, 5) is 20.7. The third-order valence-corrected chi connectivity index (χ3v) is 5.56. The lowest BCUT2D eigenvalue weighted by molar-refractivity contribution is 0.0995. The van der Waals surface area contributed by atoms with E-state index in [0.29, 0.717) is 11.3 Å². The molecule has 0 fully saturated rings. The van der Waals surface area contributed by atoms with Crippen molar-refractivity contribution in [1.29, 1.82) is 0 Å². The van der Waals surface area contributed by atoms with Gasteiger partial charge in [0, 0.05) is 22.7 Å². The van der Waals surface area contributed by atoms with Crippen molar-refractivity contribution < 1.29 is 4.79 Å². The average Bonchev–Trinajstić information content (AvgIpc) is 3.35. The standard InChI is InChI=1S/C19H15N5OS/c1-11(17(25)13-10-20-14-7-3-2-6-12(13)14)26-19-23-22-18-21-15-8-4-5-9-16(15)24(18)19/h2-11,20H,1H3,(H,21,22)/t11-/m1/s1. The number of benzene rings is 2. The van der Waals surface area contributed by atoms with Crippen molar-refractivity contribution in [2.24, 2.45) is 0 Å². The van der Waals surface area contributed by atoms with E-state index in [1.165, 1.54) is 11.8 Å². The van der Waals surface area contributed by atoms with Crippen LogP contribution < -0.4 is 0 Å². The second-order valence-corrected chi connectivity index (χ2v) is 7.45. The number of carbonyl (C=O) groups is 1. The smallest absolute Gasteiger partial charge is 0.231 e. The summed E-state index contributed by atoms with van der Waals surface area (Å²) in [6.45, 7) is 1.91. The van der Waals surface area contributed by atoms with Gasteiger partial charge in [-0.2, -0.15) is 0 Å². The van der Waals surface area contributed by atoms with Crippen LogP contribution in [0.3, 0.4) is 0 Å². The number of rotatable bonds is 4. The fourth-order valence-electron chi connectivity index (χ4n) is 3.23. The Morgan fingerprint density at radius 2 is 1.96 bits per heavy atom. The van der Waals surface area contributed by atoms with Crippen molar-refractivity contribution in [2.75, 3.05) is 0 Å². The molecule has 2 N–H and O–H groups in total. The van der Waals surface area contributed by atoms with Crippen LogP contribution in [0, 0.1) is 0 Å². The fraction of sp³-hybridized carbons (Fsp3) is 0.105. The highest BCUT2D eigenvalue weighted by atomic mass is 32.2. The number of thioether (sulfide) groups is 1. The molecule has 0 spiro atoms. The predicted molar refractivity (Wildman–Crippen MR) is 103 cm³/mol. The van der Waals surface area contributed by atoms with Crippen molar-refractivity contribution in [3.63, 3.8) is 0 Å². The lowest BCUT2D eigenvalue weighted by Gasteiger charge is -2.08. The van der Waals surface area contributed by atoms with Crippen molar-refractivity contribution in [3.05, 3.63) is 60.3 Å². The molecule has 2 aromatic carbocycles. The maximum atomic E-state index is 13.0. The van der Waals surface area contributed by atoms with E-state index in [1.54, 1.807) is 6.20 Å². The fourth-order valence-corrected chi connectivity index (χ4v) is 4.17. The number of fused-ring (bicyclic) bond motifs is 4. The van der Waals surface area contributed by atoms with Crippen molar-refractivity contribution in [1.82, 2.24) is 24.6 Å². The molecule has 26 heavy (non-hydrogen) atoms. The van der Waals surface area contributed by atoms with Gasteiger partial charge >= 0.3 is 0 Å². The average molecular weight is 361 g/mol. The Morgan fingerprint density at radius 1 is 1.15 bits per heavy atom. The van der Waals surface area contributed by atoms with E-state index in [-0.39, 0.29) is 11.0 Å². The Kier molecular flexibility index (Phi) is 3.36. The maximum Gasteiger partial charge on any atom is 0.231 e. The third-order valence-electron chi connectivity index (χ3n) is 4.51. The molecule has 3 heterocycles. The second kappa shape index (κ2) is 5.74. The minimum absolute atomic E-state index is 0.0769. The first-order valence-corrected chi connectivity index (χ1v) is 9.19. The van der Waals surface area contributed by atoms with Gasteiger partial charge in [0.2, 0.25) is 5.78 Å². The molecule has 5 aromatic rings. The van der Waals surface area contributed by atoms with Gasteiger partial charge in [-0.05, 0) is 25.1 Å². The van der Waals surface area contributed by atoms with Gasteiger partial charge in [0.05, 0.1) is 16.3 Å². The lowest BCUT2D eigenvalue weighted by atomic mass is 10.1. The van der Waals surface area contributed by atoms with Gasteiger partial charge in [-0.1, -0.05) is 42.1 Å². The van der Waals surface area contributed by atoms with E-state index < -0.39 is 0 Å². The van der Waals surface area contributed by atoms with Crippen molar-refractivity contribution in [3.8, 4) is 0 Å². The Bertz CT molecular complexity index is 1260. The van der Waals surface area contributed by atoms with Gasteiger partial charge in [0.25, 0.3) is 0 Å². The number of ketones is 1. The first-order chi connectivity index (χ1) is 12.7. The monoisotopic (exact) mass is 361 g/mol. The molecule has 0 aliphatic rings. The summed E-state index contributed by atoms with van der Waals surface area (Å²) in [5, 5.41) is 8.70. The van der Waals surface area contributed by atoms with Crippen molar-refractivity contribution >= 4 is 45.3 Å². The molecular formula is C19H15N5OS. The molecular weight excluding hydrogens is 346 g/mol. The summed E-state index contributed by atoms with van der Waals surface area (Å²) < 4.78 is 1.96. The van der Waals surface area contributed by atoms with E-state index >= 15 is 0 Å². The zero-order chi connectivity index (χ0) is 17.7. The normalized spacial score (nSPS) is 13.0. The molecule has 6 nitrogen and oxygen atoms in total. The minimum atomic E-state index is -0.276. The van der Waals surface area contributed by atoms with Crippen LogP contribution in [0.1, 0.15) is 17.3 Å². The third kappa shape index (κ3) is 2.24. The molecule has 0 bridgehead atoms. The van der Waals surface area contributed by atoms with Crippen LogP contribution in [0.15, 0.2) is 59.9 Å². The number of nitrogens with zero attached hydrogens (tertiary/aromatic N) is 3. The van der Waals surface area contributed by atoms with Gasteiger partial charge in [-0.3, -0.25) is 9.20 Å². The number of para-hydroxylation sites is 3. The Morgan fingerprint density at radius 3 is 2.88 bits per heavy atom. The van der Waals surface area contributed by atoms with Crippen LogP contribution in [0.2, 0.25) is 0 Å². The highest BCUT2D eigenvalue weighted by molar-refractivity contribution is 8.00. The molecule has 128 valence electrons. The molecule has 0 aliphatic carbocycles. The van der Waals surface area contributed by atoms with E-state index in [4.69, 9.17) is 0 Å². The highest BCUT2D eigenvalue weighted by Gasteiger charge is 2.22. The largest absolute Gasteiger partial charge is 0.360 e. The van der Waals surface area contributed by atoms with Crippen LogP contribution in [-0.2, 0) is 0 Å². The number of aromatic nitrogens is 5. The molecule has 3 aromatic heterocycles. The number of H-pyrrole nitrogens is 2. The number of aromatic amines is 2. The van der Waals surface area contributed by atoms with Gasteiger partial charge < -0.3 is 4.98 Å². The zero-order valence-corrected chi connectivity index (χ0v) is 14.7. The van der Waals surface area contributed by atoms with Crippen LogP contribution in [-0.4, -0.2) is 35.6 Å². The zero-order valence-electron chi connectivity index (χ0n) is 13.9. The Hall–Kier alpha value is -3.06. The summed E-state index contributed by atoms with van der Waals surface area (Å²) in [7, 11) is 0. The summed E-state index contributed by atoms with van der Waals surface area (Å²) in [6, 6.07) is 15.7. The van der Waals surface area contributed by atoms with E-state index in [1.807, 2.05) is 59.9 Å². The van der Waals surface area contributed by atoms with E-state index in [0.717, 1.165) is 27.1 Å². The first-order valence-electron chi connectivity index (χ1n) is 8.31. The van der Waals surface area contributed by atoms with Gasteiger partial charge in [-0.15, -0.1) is 5.10 Å². The SMILES string of the molecule is C[C@@H](Sc1n[nH]c2nc3ccccc3n12)C(=O)c1c[nH]c2ccccc12. The quantitative estimate of drug-likeness (QED) is 0.374. The van der Waals surface area contributed by atoms with Crippen molar-refractivity contribution in [2.45, 2.75) is 17.3 Å². The molecule has 0 radical (unpaired) electrons. The number of hydrogen-bond acceptors (Lipinski definition) is 4. The van der Waals surface area contributed by atoms with Crippen LogP contribution in [0.25, 0.3) is 27.7 Å². The topological polar surface area (TPSA) is 78.8 Å². The highest BCUT2D eigenvalue weighted by Crippen LogP contribution is 2.29. The van der Waals surface area contributed by atoms with Crippen LogP contribution in [0.4, 0.5) is 0 Å². The van der Waals surface area contributed by atoms with Gasteiger partial charge in [0.1, 0.15) is 0 Å². The number of Topliss-reactive ketones (excluding diaryl/α,β-unsaturated/α-hetero) is 1. The summed E-state index contributed by atoms with van der Waals surface area (Å²) >= 11 is 1.43. The number of hydrogen-bond donors (Lipinski definition) is 2. The summed E-state index contributed by atoms with van der Waals surface area (Å²) in [5.74, 6) is 0.758. The van der Waals surface area contributed by atoms with Gasteiger partial charge in [0.15, 0.2) is 10.9 Å². The van der Waals surface area contributed by atoms with E-state index in [2.05, 4.69) is 20.2 Å². The molecule has 1 atom stereocenters. The van der Waals surface area contributed by atoms with Crippen LogP contribution in [0.5, 0.6) is 0 Å². The number of carbonyl (C=O) groups excluding carboxylic acids is 1. The molecule has 0 amide bonds. The summed E-state index contributed by atoms with van der Waals surface area (Å²) in [5.41, 5.74) is 3.56.